The first kappa shape index (κ1) is 22.0. The number of hydrogen-bond donors (Lipinski definition) is 2. The van der Waals surface area contributed by atoms with E-state index in [0.29, 0.717) is 36.2 Å². The molecule has 1 aromatic heterocycles. The summed E-state index contributed by atoms with van der Waals surface area (Å²) in [5.41, 5.74) is 2.20. The van der Waals surface area contributed by atoms with Crippen LogP contribution in [0.3, 0.4) is 0 Å². The van der Waals surface area contributed by atoms with Crippen LogP contribution in [0.1, 0.15) is 31.2 Å². The molecule has 1 saturated heterocycles. The van der Waals surface area contributed by atoms with Crippen LogP contribution in [0.2, 0.25) is 0 Å². The van der Waals surface area contributed by atoms with Crippen LogP contribution in [-0.2, 0) is 14.3 Å². The highest BCUT2D eigenvalue weighted by Crippen LogP contribution is 2.34. The lowest BCUT2D eigenvalue weighted by molar-refractivity contribution is -0.146. The number of rotatable bonds is 6. The molecular weight excluding hydrogens is 408 g/mol. The number of ether oxygens (including phenoxy) is 1. The maximum atomic E-state index is 12.9. The highest BCUT2D eigenvalue weighted by Gasteiger charge is 2.37. The molecule has 1 fully saturated rings. The predicted octanol–water partition coefficient (Wildman–Crippen LogP) is 2.21. The molecule has 0 bridgehead atoms. The van der Waals surface area contributed by atoms with Crippen LogP contribution in [0, 0.1) is 12.8 Å². The molecular formula is C23H30N6O3. The Morgan fingerprint density at radius 1 is 1.22 bits per heavy atom. The van der Waals surface area contributed by atoms with E-state index >= 15 is 0 Å². The second-order valence-corrected chi connectivity index (χ2v) is 8.73. The predicted molar refractivity (Wildman–Crippen MR) is 123 cm³/mol. The Labute approximate surface area is 188 Å². The van der Waals surface area contributed by atoms with Crippen molar-refractivity contribution in [1.82, 2.24) is 14.9 Å². The minimum Gasteiger partial charge on any atom is -0.367 e. The zero-order valence-corrected chi connectivity index (χ0v) is 19.1. The first-order valence-electron chi connectivity index (χ1n) is 10.9. The average molecular weight is 439 g/mol. The number of carbonyl (C=O) groups is 2. The Hall–Kier alpha value is -3.20. The lowest BCUT2D eigenvalue weighted by Gasteiger charge is -2.41. The fourth-order valence-corrected chi connectivity index (χ4v) is 4.38. The summed E-state index contributed by atoms with van der Waals surface area (Å²) in [5, 5.41) is 6.29. The number of aromatic nitrogens is 2. The Morgan fingerprint density at radius 2 is 1.91 bits per heavy atom. The van der Waals surface area contributed by atoms with Crippen LogP contribution >= 0.6 is 0 Å². The molecule has 1 unspecified atom stereocenters. The number of nitrogens with zero attached hydrogens (tertiary/aromatic N) is 4. The lowest BCUT2D eigenvalue weighted by Crippen LogP contribution is -2.58. The van der Waals surface area contributed by atoms with E-state index in [1.807, 2.05) is 63.1 Å². The van der Waals surface area contributed by atoms with Crippen molar-refractivity contribution >= 4 is 29.3 Å². The maximum absolute atomic E-state index is 12.9. The number of methoxy groups -OCH3 is 1. The van der Waals surface area contributed by atoms with E-state index < -0.39 is 6.10 Å². The zero-order valence-electron chi connectivity index (χ0n) is 19.1. The molecule has 32 heavy (non-hydrogen) atoms. The van der Waals surface area contributed by atoms with Crippen molar-refractivity contribution in [3.8, 4) is 0 Å². The SMILES string of the molecule is CO[C@@H](C(=O)N1CC(Nc2nc(C)c3c(n2)N(C)C(C(C)C)C(=O)N3)C1)c1ccccc1. The van der Waals surface area contributed by atoms with E-state index in [9.17, 15) is 9.59 Å². The number of likely N-dealkylation sites (N-methyl/N-ethyl adjacent to an activating group) is 1. The number of carbonyl (C=O) groups excluding carboxylic acids is 2. The molecule has 0 spiro atoms. The first-order valence-corrected chi connectivity index (χ1v) is 10.9. The van der Waals surface area contributed by atoms with Gasteiger partial charge < -0.3 is 25.2 Å². The van der Waals surface area contributed by atoms with Gasteiger partial charge in [-0.1, -0.05) is 44.2 Å². The van der Waals surface area contributed by atoms with Gasteiger partial charge in [-0.3, -0.25) is 9.59 Å². The molecule has 9 heteroatoms. The number of likely N-dealkylation sites (tertiary alicyclic amines) is 1. The first-order chi connectivity index (χ1) is 15.3. The van der Waals surface area contributed by atoms with Gasteiger partial charge in [0.1, 0.15) is 11.7 Å². The molecule has 2 amide bonds. The largest absolute Gasteiger partial charge is 0.367 e. The third kappa shape index (κ3) is 4.00. The van der Waals surface area contributed by atoms with E-state index in [-0.39, 0.29) is 29.8 Å². The van der Waals surface area contributed by atoms with Gasteiger partial charge in [-0.05, 0) is 18.4 Å². The van der Waals surface area contributed by atoms with Crippen molar-refractivity contribution in [3.63, 3.8) is 0 Å². The molecule has 4 rings (SSSR count). The Bertz CT molecular complexity index is 1010. The summed E-state index contributed by atoms with van der Waals surface area (Å²) < 4.78 is 5.46. The Balaban J connectivity index is 1.43. The van der Waals surface area contributed by atoms with Gasteiger partial charge >= 0.3 is 0 Å². The van der Waals surface area contributed by atoms with Crippen LogP contribution in [0.4, 0.5) is 17.5 Å². The molecule has 2 aliphatic rings. The molecule has 3 heterocycles. The molecule has 2 aromatic rings. The van der Waals surface area contributed by atoms with Crippen LogP contribution in [0.5, 0.6) is 0 Å². The normalized spacial score (nSPS) is 19.3. The molecule has 0 saturated carbocycles. The Morgan fingerprint density at radius 3 is 2.53 bits per heavy atom. The van der Waals surface area contributed by atoms with Crippen LogP contribution in [0.25, 0.3) is 0 Å². The number of benzene rings is 1. The Kier molecular flexibility index (Phi) is 6.01. The fraction of sp³-hybridized carbons (Fsp3) is 0.478. The summed E-state index contributed by atoms with van der Waals surface area (Å²) in [6.07, 6.45) is -0.607. The molecule has 2 aliphatic heterocycles. The van der Waals surface area contributed by atoms with E-state index in [1.165, 1.54) is 0 Å². The van der Waals surface area contributed by atoms with Crippen LogP contribution in [-0.4, -0.2) is 66.0 Å². The zero-order chi connectivity index (χ0) is 23.0. The monoisotopic (exact) mass is 438 g/mol. The van der Waals surface area contributed by atoms with Crippen LogP contribution in [0.15, 0.2) is 30.3 Å². The highest BCUT2D eigenvalue weighted by atomic mass is 16.5. The fourth-order valence-electron chi connectivity index (χ4n) is 4.38. The van der Waals surface area contributed by atoms with Crippen molar-refractivity contribution in [2.24, 2.45) is 5.92 Å². The highest BCUT2D eigenvalue weighted by molar-refractivity contribution is 6.03. The quantitative estimate of drug-likeness (QED) is 0.713. The summed E-state index contributed by atoms with van der Waals surface area (Å²) >= 11 is 0. The van der Waals surface area contributed by atoms with Gasteiger partial charge in [-0.15, -0.1) is 0 Å². The summed E-state index contributed by atoms with van der Waals surface area (Å²) in [6, 6.07) is 9.26. The van der Waals surface area contributed by atoms with Gasteiger partial charge in [0.2, 0.25) is 11.9 Å². The lowest BCUT2D eigenvalue weighted by atomic mass is 9.99. The van der Waals surface area contributed by atoms with Gasteiger partial charge in [0, 0.05) is 27.2 Å². The minimum atomic E-state index is -0.607. The smallest absolute Gasteiger partial charge is 0.256 e. The number of fused-ring (bicyclic) bond motifs is 1. The molecule has 2 atom stereocenters. The summed E-state index contributed by atoms with van der Waals surface area (Å²) in [7, 11) is 3.44. The van der Waals surface area contributed by atoms with Crippen molar-refractivity contribution in [1.29, 1.82) is 0 Å². The molecule has 170 valence electrons. The van der Waals surface area contributed by atoms with E-state index in [1.54, 1.807) is 12.0 Å². The van der Waals surface area contributed by atoms with Gasteiger partial charge in [-0.2, -0.15) is 4.98 Å². The average Bonchev–Trinajstić information content (AvgIpc) is 2.72. The molecule has 2 N–H and O–H groups in total. The van der Waals surface area contributed by atoms with Crippen molar-refractivity contribution in [2.75, 3.05) is 42.8 Å². The molecule has 1 aromatic carbocycles. The van der Waals surface area contributed by atoms with Crippen molar-refractivity contribution < 1.29 is 14.3 Å². The van der Waals surface area contributed by atoms with Gasteiger partial charge in [0.15, 0.2) is 11.9 Å². The standard InChI is InChI=1S/C23H30N6O3/c1-13(2)18-21(30)26-17-14(3)24-23(27-20(17)28(18)4)25-16-11-29(12-16)22(31)19(32-5)15-9-7-6-8-10-15/h6-10,13,16,18-19H,11-12H2,1-5H3,(H,26,30)(H,24,25,27)/t18?,19-/m1/s1. The minimum absolute atomic E-state index is 0.0401. The van der Waals surface area contributed by atoms with E-state index in [0.717, 1.165) is 5.56 Å². The second-order valence-electron chi connectivity index (χ2n) is 8.73. The third-order valence-corrected chi connectivity index (χ3v) is 6.06. The van der Waals surface area contributed by atoms with Gasteiger partial charge in [0.25, 0.3) is 5.91 Å². The number of nitrogens with one attached hydrogen (secondary N) is 2. The maximum Gasteiger partial charge on any atom is 0.256 e. The topological polar surface area (TPSA) is 99.7 Å². The number of aryl methyl sites for hydroxylation is 1. The second kappa shape index (κ2) is 8.74. The number of amides is 2. The molecule has 9 nitrogen and oxygen atoms in total. The van der Waals surface area contributed by atoms with Crippen molar-refractivity contribution in [3.05, 3.63) is 41.6 Å². The van der Waals surface area contributed by atoms with Gasteiger partial charge in [-0.25, -0.2) is 4.98 Å². The number of anilines is 3. The number of hydrogen-bond acceptors (Lipinski definition) is 7. The van der Waals surface area contributed by atoms with Crippen molar-refractivity contribution in [2.45, 2.75) is 39.0 Å². The molecule has 0 radical (unpaired) electrons. The van der Waals surface area contributed by atoms with Crippen LogP contribution < -0.4 is 15.5 Å². The summed E-state index contributed by atoms with van der Waals surface area (Å²) in [4.78, 5) is 38.2. The van der Waals surface area contributed by atoms with E-state index in [2.05, 4.69) is 20.6 Å². The molecule has 0 aliphatic carbocycles. The summed E-state index contributed by atoms with van der Waals surface area (Å²) in [6.45, 7) is 6.98. The van der Waals surface area contributed by atoms with Gasteiger partial charge in [0.05, 0.1) is 11.7 Å². The third-order valence-electron chi connectivity index (χ3n) is 6.06. The van der Waals surface area contributed by atoms with E-state index in [4.69, 9.17) is 4.74 Å². The summed E-state index contributed by atoms with van der Waals surface area (Å²) in [5.74, 6) is 1.25.